The fourth-order valence-electron chi connectivity index (χ4n) is 3.03. The van der Waals surface area contributed by atoms with Crippen molar-refractivity contribution in [2.24, 2.45) is 5.92 Å². The number of benzene rings is 2. The van der Waals surface area contributed by atoms with Gasteiger partial charge in [-0.15, -0.1) is 0 Å². The lowest BCUT2D eigenvalue weighted by Gasteiger charge is -2.29. The Kier molecular flexibility index (Phi) is 3.92. The van der Waals surface area contributed by atoms with E-state index < -0.39 is 17.9 Å². The van der Waals surface area contributed by atoms with Crippen LogP contribution < -0.4 is 5.11 Å². The average molecular weight is 294 g/mol. The van der Waals surface area contributed by atoms with Crippen LogP contribution in [0.25, 0.3) is 0 Å². The van der Waals surface area contributed by atoms with Gasteiger partial charge in [0.1, 0.15) is 0 Å². The molecule has 4 heteroatoms. The first-order valence-corrected chi connectivity index (χ1v) is 7.26. The molecule has 0 spiro atoms. The van der Waals surface area contributed by atoms with E-state index in [2.05, 4.69) is 0 Å². The maximum atomic E-state index is 12.3. The molecule has 1 saturated heterocycles. The smallest absolute Gasteiger partial charge is 0.224 e. The summed E-state index contributed by atoms with van der Waals surface area (Å²) in [5.41, 5.74) is 1.81. The molecule has 1 fully saturated rings. The van der Waals surface area contributed by atoms with E-state index in [1.807, 2.05) is 60.7 Å². The van der Waals surface area contributed by atoms with Gasteiger partial charge < -0.3 is 14.8 Å². The number of amides is 1. The molecule has 3 rings (SSSR count). The summed E-state index contributed by atoms with van der Waals surface area (Å²) in [6.07, 6.45) is -0.00523. The fourth-order valence-corrected chi connectivity index (χ4v) is 3.03. The summed E-state index contributed by atoms with van der Waals surface area (Å²) in [5, 5.41) is 11.4. The lowest BCUT2D eigenvalue weighted by atomic mass is 9.93. The standard InChI is InChI=1S/C18H17NO3/c20-16-11-15(18(21)22)17(14-9-5-2-6-10-14)19(16)12-13-7-3-1-4-8-13/h1-10,15,17H,11-12H2,(H,21,22)/p-1/t15-,17-/m1/s1. The Balaban J connectivity index is 1.95. The van der Waals surface area contributed by atoms with Crippen LogP contribution in [-0.4, -0.2) is 16.8 Å². The average Bonchev–Trinajstić information content (AvgIpc) is 2.86. The molecule has 1 aliphatic heterocycles. The van der Waals surface area contributed by atoms with Crippen molar-refractivity contribution >= 4 is 11.9 Å². The molecule has 1 aliphatic rings. The maximum absolute atomic E-state index is 12.3. The van der Waals surface area contributed by atoms with Crippen LogP contribution in [0, 0.1) is 5.92 Å². The summed E-state index contributed by atoms with van der Waals surface area (Å²) in [6.45, 7) is 0.406. The first-order chi connectivity index (χ1) is 10.7. The highest BCUT2D eigenvalue weighted by Crippen LogP contribution is 2.38. The number of hydrogen-bond acceptors (Lipinski definition) is 3. The molecule has 22 heavy (non-hydrogen) atoms. The van der Waals surface area contributed by atoms with E-state index in [1.54, 1.807) is 4.90 Å². The molecule has 0 aliphatic carbocycles. The second-order valence-corrected chi connectivity index (χ2v) is 5.49. The Morgan fingerprint density at radius 1 is 1.05 bits per heavy atom. The van der Waals surface area contributed by atoms with Gasteiger partial charge >= 0.3 is 0 Å². The Hall–Kier alpha value is -2.62. The van der Waals surface area contributed by atoms with Crippen molar-refractivity contribution in [3.8, 4) is 0 Å². The SMILES string of the molecule is O=C([O-])[C@@H]1CC(=O)N(Cc2ccccc2)[C@@H]1c1ccccc1. The summed E-state index contributed by atoms with van der Waals surface area (Å²) >= 11 is 0. The molecule has 4 nitrogen and oxygen atoms in total. The van der Waals surface area contributed by atoms with Crippen LogP contribution in [0.15, 0.2) is 60.7 Å². The van der Waals surface area contributed by atoms with Crippen molar-refractivity contribution in [2.75, 3.05) is 0 Å². The largest absolute Gasteiger partial charge is 0.550 e. The molecule has 0 bridgehead atoms. The molecule has 1 amide bonds. The van der Waals surface area contributed by atoms with Crippen LogP contribution in [0.1, 0.15) is 23.6 Å². The van der Waals surface area contributed by atoms with Gasteiger partial charge in [0.05, 0.1) is 6.04 Å². The Labute approximate surface area is 129 Å². The van der Waals surface area contributed by atoms with E-state index in [-0.39, 0.29) is 12.3 Å². The summed E-state index contributed by atoms with van der Waals surface area (Å²) in [6, 6.07) is 18.4. The van der Waals surface area contributed by atoms with Crippen molar-refractivity contribution in [1.82, 2.24) is 4.90 Å². The zero-order valence-corrected chi connectivity index (χ0v) is 12.0. The summed E-state index contributed by atoms with van der Waals surface area (Å²) in [7, 11) is 0. The Morgan fingerprint density at radius 3 is 2.23 bits per heavy atom. The third-order valence-electron chi connectivity index (χ3n) is 4.07. The zero-order chi connectivity index (χ0) is 15.5. The second-order valence-electron chi connectivity index (χ2n) is 5.49. The van der Waals surface area contributed by atoms with Crippen molar-refractivity contribution in [3.63, 3.8) is 0 Å². The molecule has 0 aromatic heterocycles. The molecule has 1 heterocycles. The number of carboxylic acid groups (broad SMARTS) is 1. The third-order valence-corrected chi connectivity index (χ3v) is 4.07. The molecule has 0 unspecified atom stereocenters. The fraction of sp³-hybridized carbons (Fsp3) is 0.222. The van der Waals surface area contributed by atoms with E-state index in [1.165, 1.54) is 0 Å². The highest BCUT2D eigenvalue weighted by atomic mass is 16.4. The highest BCUT2D eigenvalue weighted by molar-refractivity contribution is 5.86. The Bertz CT molecular complexity index is 669. The topological polar surface area (TPSA) is 60.4 Å². The van der Waals surface area contributed by atoms with Crippen molar-refractivity contribution in [1.29, 1.82) is 0 Å². The number of nitrogens with zero attached hydrogens (tertiary/aromatic N) is 1. The Morgan fingerprint density at radius 2 is 1.64 bits per heavy atom. The molecular weight excluding hydrogens is 278 g/mol. The minimum atomic E-state index is -1.17. The van der Waals surface area contributed by atoms with Crippen LogP contribution in [-0.2, 0) is 16.1 Å². The molecule has 0 radical (unpaired) electrons. The van der Waals surface area contributed by atoms with Crippen molar-refractivity contribution < 1.29 is 14.7 Å². The number of rotatable bonds is 4. The normalized spacial score (nSPS) is 21.1. The van der Waals surface area contributed by atoms with E-state index in [0.717, 1.165) is 11.1 Å². The summed E-state index contributed by atoms with van der Waals surface area (Å²) < 4.78 is 0. The third kappa shape index (κ3) is 2.72. The summed E-state index contributed by atoms with van der Waals surface area (Å²) in [4.78, 5) is 25.4. The predicted molar refractivity (Wildman–Crippen MR) is 79.3 cm³/mol. The second kappa shape index (κ2) is 6.02. The molecule has 2 atom stereocenters. The van der Waals surface area contributed by atoms with E-state index in [9.17, 15) is 14.7 Å². The number of aliphatic carboxylic acids is 1. The lowest BCUT2D eigenvalue weighted by molar-refractivity contribution is -0.312. The van der Waals surface area contributed by atoms with Crippen molar-refractivity contribution in [3.05, 3.63) is 71.8 Å². The van der Waals surface area contributed by atoms with Gasteiger partial charge in [0.2, 0.25) is 5.91 Å². The molecule has 112 valence electrons. The number of hydrogen-bond donors (Lipinski definition) is 0. The van der Waals surface area contributed by atoms with Crippen LogP contribution in [0.2, 0.25) is 0 Å². The highest BCUT2D eigenvalue weighted by Gasteiger charge is 2.41. The zero-order valence-electron chi connectivity index (χ0n) is 12.0. The minimum absolute atomic E-state index is 0.00523. The van der Waals surface area contributed by atoms with Gasteiger partial charge in [0.25, 0.3) is 0 Å². The first kappa shape index (κ1) is 14.3. The van der Waals surface area contributed by atoms with Gasteiger partial charge in [-0.3, -0.25) is 4.79 Å². The number of likely N-dealkylation sites (tertiary alicyclic amines) is 1. The van der Waals surface area contributed by atoms with Crippen LogP contribution in [0.4, 0.5) is 0 Å². The van der Waals surface area contributed by atoms with Crippen molar-refractivity contribution in [2.45, 2.75) is 19.0 Å². The van der Waals surface area contributed by atoms with E-state index in [4.69, 9.17) is 0 Å². The number of carboxylic acids is 1. The maximum Gasteiger partial charge on any atom is 0.224 e. The first-order valence-electron chi connectivity index (χ1n) is 7.26. The molecule has 2 aromatic carbocycles. The van der Waals surface area contributed by atoms with Gasteiger partial charge in [0.15, 0.2) is 0 Å². The molecule has 0 N–H and O–H groups in total. The predicted octanol–water partition coefficient (Wildman–Crippen LogP) is 1.53. The van der Waals surface area contributed by atoms with Crippen LogP contribution in [0.5, 0.6) is 0 Å². The number of carbonyl (C=O) groups excluding carboxylic acids is 2. The van der Waals surface area contributed by atoms with Gasteiger partial charge in [-0.2, -0.15) is 0 Å². The van der Waals surface area contributed by atoms with E-state index >= 15 is 0 Å². The lowest BCUT2D eigenvalue weighted by Crippen LogP contribution is -2.36. The van der Waals surface area contributed by atoms with Crippen LogP contribution in [0.3, 0.4) is 0 Å². The minimum Gasteiger partial charge on any atom is -0.550 e. The van der Waals surface area contributed by atoms with Gasteiger partial charge in [-0.25, -0.2) is 0 Å². The molecule has 0 saturated carbocycles. The van der Waals surface area contributed by atoms with Gasteiger partial charge in [0, 0.05) is 24.9 Å². The van der Waals surface area contributed by atoms with Gasteiger partial charge in [-0.1, -0.05) is 60.7 Å². The quantitative estimate of drug-likeness (QED) is 0.859. The monoisotopic (exact) mass is 294 g/mol. The summed E-state index contributed by atoms with van der Waals surface area (Å²) in [5.74, 6) is -2.12. The van der Waals surface area contributed by atoms with E-state index in [0.29, 0.717) is 6.54 Å². The molecule has 2 aromatic rings. The van der Waals surface area contributed by atoms with Crippen LogP contribution >= 0.6 is 0 Å². The van der Waals surface area contributed by atoms with Gasteiger partial charge in [-0.05, 0) is 11.1 Å². The number of carbonyl (C=O) groups is 2. The molecular formula is C18H16NO3-.